The van der Waals surface area contributed by atoms with E-state index in [1.54, 1.807) is 26.2 Å². The molecule has 0 saturated carbocycles. The lowest BCUT2D eigenvalue weighted by Crippen LogP contribution is -2.18. The highest BCUT2D eigenvalue weighted by molar-refractivity contribution is 5.53. The van der Waals surface area contributed by atoms with Crippen molar-refractivity contribution < 1.29 is 19.3 Å². The van der Waals surface area contributed by atoms with Gasteiger partial charge in [-0.25, -0.2) is 0 Å². The van der Waals surface area contributed by atoms with Crippen LogP contribution in [0.4, 0.5) is 0 Å². The van der Waals surface area contributed by atoms with E-state index >= 15 is 0 Å². The van der Waals surface area contributed by atoms with Gasteiger partial charge < -0.3 is 19.3 Å². The topological polar surface area (TPSA) is 51.2 Å². The molecule has 0 fully saturated rings. The molecule has 0 saturated heterocycles. The Kier molecular flexibility index (Phi) is 5.06. The van der Waals surface area contributed by atoms with Crippen molar-refractivity contribution in [3.05, 3.63) is 17.7 Å². The minimum absolute atomic E-state index is 0.00331. The SMILES string of the molecule is COc1cc(CN(C)CO)cc(OC)c1OC. The van der Waals surface area contributed by atoms with Gasteiger partial charge in [0.05, 0.1) is 28.1 Å². The summed E-state index contributed by atoms with van der Waals surface area (Å²) in [5.41, 5.74) is 0.982. The zero-order valence-corrected chi connectivity index (χ0v) is 10.7. The van der Waals surface area contributed by atoms with E-state index in [1.807, 2.05) is 19.2 Å². The highest BCUT2D eigenvalue weighted by atomic mass is 16.5. The third-order valence-corrected chi connectivity index (χ3v) is 2.42. The number of methoxy groups -OCH3 is 3. The highest BCUT2D eigenvalue weighted by Gasteiger charge is 2.13. The first-order valence-electron chi connectivity index (χ1n) is 5.24. The number of rotatable bonds is 6. The molecule has 1 aromatic carbocycles. The van der Waals surface area contributed by atoms with Crippen LogP contribution in [0.1, 0.15) is 5.56 Å². The van der Waals surface area contributed by atoms with Gasteiger partial charge in [0.2, 0.25) is 5.75 Å². The Bertz CT molecular complexity index is 343. The van der Waals surface area contributed by atoms with E-state index in [0.29, 0.717) is 23.8 Å². The number of benzene rings is 1. The molecule has 0 radical (unpaired) electrons. The molecule has 0 unspecified atom stereocenters. The summed E-state index contributed by atoms with van der Waals surface area (Å²) in [5, 5.41) is 8.99. The quantitative estimate of drug-likeness (QED) is 0.756. The molecule has 5 nitrogen and oxygen atoms in total. The number of ether oxygens (including phenoxy) is 3. The molecule has 1 rings (SSSR count). The molecule has 0 aliphatic rings. The summed E-state index contributed by atoms with van der Waals surface area (Å²) in [6.45, 7) is 0.601. The minimum atomic E-state index is -0.00331. The minimum Gasteiger partial charge on any atom is -0.493 e. The van der Waals surface area contributed by atoms with Gasteiger partial charge in [0.15, 0.2) is 11.5 Å². The van der Waals surface area contributed by atoms with Crippen LogP contribution in [-0.2, 0) is 6.54 Å². The maximum Gasteiger partial charge on any atom is 0.203 e. The molecule has 0 aliphatic carbocycles. The Morgan fingerprint density at radius 1 is 1.06 bits per heavy atom. The van der Waals surface area contributed by atoms with Crippen molar-refractivity contribution in [2.75, 3.05) is 35.1 Å². The standard InChI is InChI=1S/C12H19NO4/c1-13(8-14)7-9-5-10(15-2)12(17-4)11(6-9)16-3/h5-6,14H,7-8H2,1-4H3. The molecule has 0 amide bonds. The fraction of sp³-hybridized carbons (Fsp3) is 0.500. The summed E-state index contributed by atoms with van der Waals surface area (Å²) in [6.07, 6.45) is 0. The molecule has 0 heterocycles. The maximum absolute atomic E-state index is 8.99. The molecular formula is C12H19NO4. The normalized spacial score (nSPS) is 10.5. The zero-order chi connectivity index (χ0) is 12.8. The second kappa shape index (κ2) is 6.32. The first-order chi connectivity index (χ1) is 8.15. The second-order valence-electron chi connectivity index (χ2n) is 3.69. The Morgan fingerprint density at radius 2 is 1.59 bits per heavy atom. The van der Waals surface area contributed by atoms with Crippen LogP contribution in [0.2, 0.25) is 0 Å². The fourth-order valence-corrected chi connectivity index (χ4v) is 1.59. The van der Waals surface area contributed by atoms with E-state index in [9.17, 15) is 0 Å². The van der Waals surface area contributed by atoms with Gasteiger partial charge in [-0.3, -0.25) is 4.90 Å². The van der Waals surface area contributed by atoms with Crippen molar-refractivity contribution in [3.63, 3.8) is 0 Å². The van der Waals surface area contributed by atoms with Gasteiger partial charge in [-0.05, 0) is 24.7 Å². The summed E-state index contributed by atoms with van der Waals surface area (Å²) in [4.78, 5) is 1.76. The smallest absolute Gasteiger partial charge is 0.203 e. The van der Waals surface area contributed by atoms with Crippen molar-refractivity contribution in [1.82, 2.24) is 4.90 Å². The van der Waals surface area contributed by atoms with Crippen LogP contribution in [0.15, 0.2) is 12.1 Å². The average molecular weight is 241 g/mol. The summed E-state index contributed by atoms with van der Waals surface area (Å²) in [7, 11) is 6.55. The van der Waals surface area contributed by atoms with E-state index in [0.717, 1.165) is 5.56 Å². The highest BCUT2D eigenvalue weighted by Crippen LogP contribution is 2.38. The van der Waals surface area contributed by atoms with Crippen molar-refractivity contribution in [2.24, 2.45) is 0 Å². The van der Waals surface area contributed by atoms with Crippen molar-refractivity contribution in [3.8, 4) is 17.2 Å². The van der Waals surface area contributed by atoms with Crippen LogP contribution >= 0.6 is 0 Å². The number of hydrogen-bond donors (Lipinski definition) is 1. The van der Waals surface area contributed by atoms with E-state index in [1.165, 1.54) is 0 Å². The van der Waals surface area contributed by atoms with Crippen molar-refractivity contribution >= 4 is 0 Å². The first-order valence-corrected chi connectivity index (χ1v) is 5.24. The maximum atomic E-state index is 8.99. The number of aliphatic hydroxyl groups is 1. The number of nitrogens with zero attached hydrogens (tertiary/aromatic N) is 1. The van der Waals surface area contributed by atoms with Crippen LogP contribution in [0.25, 0.3) is 0 Å². The van der Waals surface area contributed by atoms with Gasteiger partial charge >= 0.3 is 0 Å². The van der Waals surface area contributed by atoms with Gasteiger partial charge in [0.1, 0.15) is 0 Å². The summed E-state index contributed by atoms with van der Waals surface area (Å²) >= 11 is 0. The summed E-state index contributed by atoms with van der Waals surface area (Å²) in [5.74, 6) is 1.81. The average Bonchev–Trinajstić information content (AvgIpc) is 2.37. The second-order valence-corrected chi connectivity index (χ2v) is 3.69. The van der Waals surface area contributed by atoms with Crippen LogP contribution in [0.3, 0.4) is 0 Å². The van der Waals surface area contributed by atoms with Crippen LogP contribution in [0.5, 0.6) is 17.2 Å². The molecule has 0 aromatic heterocycles. The van der Waals surface area contributed by atoms with Gasteiger partial charge in [-0.1, -0.05) is 0 Å². The van der Waals surface area contributed by atoms with Crippen LogP contribution < -0.4 is 14.2 Å². The molecule has 1 N–H and O–H groups in total. The Balaban J connectivity index is 3.08. The lowest BCUT2D eigenvalue weighted by molar-refractivity contribution is 0.126. The third-order valence-electron chi connectivity index (χ3n) is 2.42. The molecule has 0 aliphatic heterocycles. The summed E-state index contributed by atoms with van der Waals surface area (Å²) in [6, 6.07) is 3.74. The third kappa shape index (κ3) is 3.25. The zero-order valence-electron chi connectivity index (χ0n) is 10.7. The first kappa shape index (κ1) is 13.6. The van der Waals surface area contributed by atoms with Gasteiger partial charge in [0, 0.05) is 6.54 Å². The van der Waals surface area contributed by atoms with Crippen LogP contribution in [0, 0.1) is 0 Å². The molecular weight excluding hydrogens is 222 g/mol. The molecule has 0 spiro atoms. The summed E-state index contributed by atoms with van der Waals surface area (Å²) < 4.78 is 15.7. The van der Waals surface area contributed by atoms with E-state index in [-0.39, 0.29) is 6.73 Å². The monoisotopic (exact) mass is 241 g/mol. The number of aliphatic hydroxyl groups excluding tert-OH is 1. The van der Waals surface area contributed by atoms with Gasteiger partial charge in [0.25, 0.3) is 0 Å². The molecule has 96 valence electrons. The molecule has 1 aromatic rings. The van der Waals surface area contributed by atoms with E-state index in [4.69, 9.17) is 19.3 Å². The molecule has 0 atom stereocenters. The molecule has 0 bridgehead atoms. The predicted molar refractivity (Wildman–Crippen MR) is 64.7 cm³/mol. The van der Waals surface area contributed by atoms with Crippen molar-refractivity contribution in [2.45, 2.75) is 6.54 Å². The van der Waals surface area contributed by atoms with E-state index < -0.39 is 0 Å². The fourth-order valence-electron chi connectivity index (χ4n) is 1.59. The van der Waals surface area contributed by atoms with E-state index in [2.05, 4.69) is 0 Å². The molecule has 5 heteroatoms. The van der Waals surface area contributed by atoms with Gasteiger partial charge in [-0.2, -0.15) is 0 Å². The number of hydrogen-bond acceptors (Lipinski definition) is 5. The largest absolute Gasteiger partial charge is 0.493 e. The van der Waals surface area contributed by atoms with Crippen LogP contribution in [-0.4, -0.2) is 45.1 Å². The Hall–Kier alpha value is -1.46. The molecule has 17 heavy (non-hydrogen) atoms. The Morgan fingerprint density at radius 3 is 1.94 bits per heavy atom. The lowest BCUT2D eigenvalue weighted by atomic mass is 10.1. The lowest BCUT2D eigenvalue weighted by Gasteiger charge is -2.17. The van der Waals surface area contributed by atoms with Gasteiger partial charge in [-0.15, -0.1) is 0 Å². The predicted octanol–water partition coefficient (Wildman–Crippen LogP) is 1.09. The Labute approximate surface area is 102 Å². The van der Waals surface area contributed by atoms with Crippen molar-refractivity contribution in [1.29, 1.82) is 0 Å².